The lowest BCUT2D eigenvalue weighted by atomic mass is 10.0. The molecular formula is C24H30N2O2. The standard InChI is InChI=1S/C24H30N2O2/c1-18-9-8-11-22(17-18)25-19(2)21-15-13-20(14-16-21)10-6-5-7-12-23-26-28-24(3,4)27-23/h8-9,11,13-17H,5-7,10,12H2,1-4H3. The quantitative estimate of drug-likeness (QED) is 0.397. The van der Waals surface area contributed by atoms with Gasteiger partial charge < -0.3 is 9.57 Å². The molecule has 0 N–H and O–H groups in total. The number of oxime groups is 1. The molecule has 1 heterocycles. The van der Waals surface area contributed by atoms with Gasteiger partial charge in [0.25, 0.3) is 5.79 Å². The van der Waals surface area contributed by atoms with E-state index in [-0.39, 0.29) is 0 Å². The number of aliphatic imine (C=N–C) groups is 1. The SMILES string of the molecule is CC(=Nc1cccc(C)c1)c1ccc(CCCCCC2=NOC(C)(C)O2)cc1. The summed E-state index contributed by atoms with van der Waals surface area (Å²) >= 11 is 0. The zero-order valence-corrected chi connectivity index (χ0v) is 17.4. The Kier molecular flexibility index (Phi) is 6.50. The average Bonchev–Trinajstić information content (AvgIpc) is 3.01. The highest BCUT2D eigenvalue weighted by Crippen LogP contribution is 2.21. The molecule has 0 fully saturated rings. The van der Waals surface area contributed by atoms with Gasteiger partial charge in [-0.2, -0.15) is 0 Å². The molecule has 3 rings (SSSR count). The largest absolute Gasteiger partial charge is 0.434 e. The molecule has 0 aliphatic carbocycles. The molecule has 0 spiro atoms. The zero-order valence-electron chi connectivity index (χ0n) is 17.4. The Morgan fingerprint density at radius 3 is 2.43 bits per heavy atom. The van der Waals surface area contributed by atoms with E-state index >= 15 is 0 Å². The molecule has 2 aromatic rings. The van der Waals surface area contributed by atoms with Crippen molar-refractivity contribution in [1.29, 1.82) is 0 Å². The first-order valence-corrected chi connectivity index (χ1v) is 10.1. The van der Waals surface area contributed by atoms with Crippen molar-refractivity contribution in [1.82, 2.24) is 0 Å². The van der Waals surface area contributed by atoms with E-state index in [9.17, 15) is 0 Å². The topological polar surface area (TPSA) is 43.2 Å². The van der Waals surface area contributed by atoms with E-state index in [1.54, 1.807) is 0 Å². The minimum Gasteiger partial charge on any atom is -0.434 e. The van der Waals surface area contributed by atoms with Crippen molar-refractivity contribution < 1.29 is 9.57 Å². The van der Waals surface area contributed by atoms with E-state index in [0.29, 0.717) is 0 Å². The van der Waals surface area contributed by atoms with Crippen LogP contribution in [0.25, 0.3) is 0 Å². The third kappa shape index (κ3) is 5.95. The molecule has 0 bridgehead atoms. The fourth-order valence-corrected chi connectivity index (χ4v) is 3.23. The van der Waals surface area contributed by atoms with Crippen molar-refractivity contribution in [3.8, 4) is 0 Å². The van der Waals surface area contributed by atoms with Crippen LogP contribution in [-0.4, -0.2) is 17.4 Å². The molecule has 0 aromatic heterocycles. The van der Waals surface area contributed by atoms with Crippen LogP contribution < -0.4 is 0 Å². The van der Waals surface area contributed by atoms with E-state index in [2.05, 4.69) is 55.4 Å². The molecule has 148 valence electrons. The molecule has 0 radical (unpaired) electrons. The second-order valence-electron chi connectivity index (χ2n) is 7.87. The van der Waals surface area contributed by atoms with Gasteiger partial charge >= 0.3 is 0 Å². The lowest BCUT2D eigenvalue weighted by Gasteiger charge is -2.14. The first kappa shape index (κ1) is 20.1. The van der Waals surface area contributed by atoms with Gasteiger partial charge in [0.05, 0.1) is 5.69 Å². The number of aryl methyl sites for hydroxylation is 2. The predicted molar refractivity (Wildman–Crippen MR) is 115 cm³/mol. The summed E-state index contributed by atoms with van der Waals surface area (Å²) in [5, 5.41) is 3.99. The number of nitrogens with zero attached hydrogens (tertiary/aromatic N) is 2. The van der Waals surface area contributed by atoms with Crippen LogP contribution in [0.15, 0.2) is 58.7 Å². The summed E-state index contributed by atoms with van der Waals surface area (Å²) in [7, 11) is 0. The van der Waals surface area contributed by atoms with Crippen molar-refractivity contribution in [3.63, 3.8) is 0 Å². The number of hydrogen-bond acceptors (Lipinski definition) is 4. The summed E-state index contributed by atoms with van der Waals surface area (Å²) < 4.78 is 5.61. The van der Waals surface area contributed by atoms with Gasteiger partial charge in [-0.1, -0.05) is 42.8 Å². The Bertz CT molecular complexity index is 851. The van der Waals surface area contributed by atoms with Crippen LogP contribution in [0, 0.1) is 6.92 Å². The summed E-state index contributed by atoms with van der Waals surface area (Å²) in [5.41, 5.74) is 5.81. The van der Waals surface area contributed by atoms with Crippen molar-refractivity contribution >= 4 is 17.3 Å². The van der Waals surface area contributed by atoms with E-state index in [1.165, 1.54) is 16.7 Å². The molecule has 4 nitrogen and oxygen atoms in total. The average molecular weight is 379 g/mol. The Hall–Kier alpha value is -2.62. The Morgan fingerprint density at radius 2 is 1.75 bits per heavy atom. The van der Waals surface area contributed by atoms with Gasteiger partial charge in [-0.25, -0.2) is 0 Å². The van der Waals surface area contributed by atoms with Gasteiger partial charge in [0.2, 0.25) is 5.90 Å². The molecule has 4 heteroatoms. The molecule has 0 amide bonds. The fraction of sp³-hybridized carbons (Fsp3) is 0.417. The van der Waals surface area contributed by atoms with Crippen LogP contribution in [0.4, 0.5) is 5.69 Å². The van der Waals surface area contributed by atoms with E-state index in [0.717, 1.165) is 49.4 Å². The Morgan fingerprint density at radius 1 is 1.00 bits per heavy atom. The molecule has 0 unspecified atom stereocenters. The Balaban J connectivity index is 1.43. The normalized spacial score (nSPS) is 15.7. The van der Waals surface area contributed by atoms with Crippen LogP contribution in [0.5, 0.6) is 0 Å². The van der Waals surface area contributed by atoms with Gasteiger partial charge in [0.1, 0.15) is 0 Å². The third-order valence-corrected chi connectivity index (χ3v) is 4.76. The highest BCUT2D eigenvalue weighted by molar-refractivity contribution is 6.00. The first-order valence-electron chi connectivity index (χ1n) is 10.1. The molecule has 0 saturated heterocycles. The second-order valence-corrected chi connectivity index (χ2v) is 7.87. The zero-order chi connectivity index (χ0) is 20.0. The molecule has 2 aromatic carbocycles. The lowest BCUT2D eigenvalue weighted by molar-refractivity contribution is -0.129. The fourth-order valence-electron chi connectivity index (χ4n) is 3.23. The molecule has 0 atom stereocenters. The number of hydrogen-bond donors (Lipinski definition) is 0. The monoisotopic (exact) mass is 378 g/mol. The lowest BCUT2D eigenvalue weighted by Crippen LogP contribution is -2.22. The van der Waals surface area contributed by atoms with Gasteiger partial charge in [0.15, 0.2) is 0 Å². The van der Waals surface area contributed by atoms with Crippen LogP contribution in [0.1, 0.15) is 63.1 Å². The first-order chi connectivity index (χ1) is 13.4. The van der Waals surface area contributed by atoms with Gasteiger partial charge in [0, 0.05) is 26.0 Å². The summed E-state index contributed by atoms with van der Waals surface area (Å²) in [5.74, 6) is 0.121. The van der Waals surface area contributed by atoms with Crippen LogP contribution >= 0.6 is 0 Å². The maximum Gasteiger partial charge on any atom is 0.271 e. The predicted octanol–water partition coefficient (Wildman–Crippen LogP) is 6.34. The van der Waals surface area contributed by atoms with Crippen LogP contribution in [-0.2, 0) is 16.0 Å². The van der Waals surface area contributed by atoms with Crippen LogP contribution in [0.3, 0.4) is 0 Å². The molecule has 1 aliphatic heterocycles. The Labute approximate surface area is 168 Å². The van der Waals surface area contributed by atoms with E-state index in [1.807, 2.05) is 26.0 Å². The third-order valence-electron chi connectivity index (χ3n) is 4.76. The summed E-state index contributed by atoms with van der Waals surface area (Å²) in [4.78, 5) is 9.95. The van der Waals surface area contributed by atoms with Crippen molar-refractivity contribution in [2.75, 3.05) is 0 Å². The highest BCUT2D eigenvalue weighted by Gasteiger charge is 2.29. The van der Waals surface area contributed by atoms with Gasteiger partial charge in [-0.3, -0.25) is 4.99 Å². The van der Waals surface area contributed by atoms with E-state index in [4.69, 9.17) is 14.6 Å². The molecule has 0 saturated carbocycles. The summed E-state index contributed by atoms with van der Waals surface area (Å²) in [6.07, 6.45) is 5.31. The summed E-state index contributed by atoms with van der Waals surface area (Å²) in [6.45, 7) is 7.91. The molecule has 1 aliphatic rings. The van der Waals surface area contributed by atoms with Crippen molar-refractivity contribution in [3.05, 3.63) is 65.2 Å². The number of ether oxygens (including phenoxy) is 1. The number of unbranched alkanes of at least 4 members (excludes halogenated alkanes) is 2. The second kappa shape index (κ2) is 9.05. The van der Waals surface area contributed by atoms with Crippen molar-refractivity contribution in [2.24, 2.45) is 10.1 Å². The minimum atomic E-state index is -0.599. The molecule has 28 heavy (non-hydrogen) atoms. The maximum atomic E-state index is 5.61. The van der Waals surface area contributed by atoms with Crippen molar-refractivity contribution in [2.45, 2.75) is 65.6 Å². The molecular weight excluding hydrogens is 348 g/mol. The minimum absolute atomic E-state index is 0.599. The highest BCUT2D eigenvalue weighted by atomic mass is 16.8. The smallest absolute Gasteiger partial charge is 0.271 e. The number of rotatable bonds is 8. The van der Waals surface area contributed by atoms with Gasteiger partial charge in [-0.15, -0.1) is 0 Å². The van der Waals surface area contributed by atoms with E-state index < -0.39 is 5.79 Å². The van der Waals surface area contributed by atoms with Gasteiger partial charge in [-0.05, 0) is 67.1 Å². The number of benzene rings is 2. The maximum absolute atomic E-state index is 5.61. The van der Waals surface area contributed by atoms with Crippen LogP contribution in [0.2, 0.25) is 0 Å². The summed E-state index contributed by atoms with van der Waals surface area (Å²) in [6, 6.07) is 17.0.